The Bertz CT molecular complexity index is 559. The molecule has 1 N–H and O–H groups in total. The van der Waals surface area contributed by atoms with Gasteiger partial charge in [-0.25, -0.2) is 0 Å². The third-order valence-corrected chi connectivity index (χ3v) is 4.00. The van der Waals surface area contributed by atoms with Crippen molar-refractivity contribution in [2.45, 2.75) is 12.6 Å². The highest BCUT2D eigenvalue weighted by molar-refractivity contribution is 5.92. The number of carbonyl (C=O) groups is 1. The van der Waals surface area contributed by atoms with E-state index in [-0.39, 0.29) is 13.1 Å². The number of nitrogens with one attached hydrogen (secondary N) is 1. The molecule has 23 heavy (non-hydrogen) atoms. The Morgan fingerprint density at radius 3 is 2.74 bits per heavy atom. The first kappa shape index (κ1) is 17.7. The number of aromatic nitrogens is 2. The Hall–Kier alpha value is -1.61. The lowest BCUT2D eigenvalue weighted by molar-refractivity contribution is -0.182. The van der Waals surface area contributed by atoms with E-state index in [4.69, 9.17) is 4.74 Å². The van der Waals surface area contributed by atoms with Crippen molar-refractivity contribution >= 4 is 11.7 Å². The van der Waals surface area contributed by atoms with Crippen LogP contribution in [0.5, 0.6) is 0 Å². The van der Waals surface area contributed by atoms with E-state index in [0.717, 1.165) is 0 Å². The zero-order valence-corrected chi connectivity index (χ0v) is 13.4. The van der Waals surface area contributed by atoms with Crippen LogP contribution in [0, 0.1) is 11.8 Å². The third kappa shape index (κ3) is 4.23. The molecule has 0 radical (unpaired) electrons. The first-order valence-electron chi connectivity index (χ1n) is 7.30. The quantitative estimate of drug-likeness (QED) is 0.881. The van der Waals surface area contributed by atoms with Crippen LogP contribution in [0.25, 0.3) is 0 Å². The number of hydrogen-bond donors (Lipinski definition) is 1. The molecule has 0 aromatic carbocycles. The number of hydrogen-bond acceptors (Lipinski definition) is 4. The van der Waals surface area contributed by atoms with Crippen LogP contribution < -0.4 is 5.32 Å². The number of rotatable bonds is 5. The number of likely N-dealkylation sites (tertiary alicyclic amines) is 1. The topological polar surface area (TPSA) is 59.4 Å². The zero-order chi connectivity index (χ0) is 17.2. The molecular weight excluding hydrogens is 313 g/mol. The zero-order valence-electron chi connectivity index (χ0n) is 13.4. The van der Waals surface area contributed by atoms with Gasteiger partial charge >= 0.3 is 6.18 Å². The molecule has 130 valence electrons. The minimum atomic E-state index is -4.39. The molecule has 2 atom stereocenters. The number of ether oxygens (including phenoxy) is 1. The van der Waals surface area contributed by atoms with Crippen molar-refractivity contribution < 1.29 is 22.7 Å². The van der Waals surface area contributed by atoms with Gasteiger partial charge < -0.3 is 15.0 Å². The number of aryl methyl sites for hydroxylation is 1. The van der Waals surface area contributed by atoms with E-state index in [9.17, 15) is 18.0 Å². The predicted molar refractivity (Wildman–Crippen MR) is 77.9 cm³/mol. The highest BCUT2D eigenvalue weighted by atomic mass is 19.4. The van der Waals surface area contributed by atoms with Crippen LogP contribution in [0.3, 0.4) is 0 Å². The van der Waals surface area contributed by atoms with E-state index < -0.39 is 23.9 Å². The van der Waals surface area contributed by atoms with Crippen molar-refractivity contribution in [2.24, 2.45) is 18.9 Å². The van der Waals surface area contributed by atoms with Gasteiger partial charge in [-0.3, -0.25) is 9.48 Å². The number of amides is 1. The minimum absolute atomic E-state index is 0.0877. The second kappa shape index (κ2) is 6.88. The van der Waals surface area contributed by atoms with Gasteiger partial charge in [-0.1, -0.05) is 0 Å². The average Bonchev–Trinajstić information content (AvgIpc) is 3.00. The molecule has 1 aliphatic heterocycles. The highest BCUT2D eigenvalue weighted by Crippen LogP contribution is 2.37. The summed E-state index contributed by atoms with van der Waals surface area (Å²) in [6, 6.07) is 1.65. The van der Waals surface area contributed by atoms with Crippen molar-refractivity contribution in [3.05, 3.63) is 11.8 Å². The molecule has 1 fully saturated rings. The number of methoxy groups -OCH3 is 1. The molecule has 0 bridgehead atoms. The second-order valence-electron chi connectivity index (χ2n) is 5.85. The summed E-state index contributed by atoms with van der Waals surface area (Å²) < 4.78 is 45.6. The number of anilines is 1. The molecule has 0 spiro atoms. The van der Waals surface area contributed by atoms with Crippen LogP contribution in [0.1, 0.15) is 5.69 Å². The number of alkyl halides is 3. The summed E-state index contributed by atoms with van der Waals surface area (Å²) >= 11 is 0. The molecule has 1 aromatic rings. The van der Waals surface area contributed by atoms with Gasteiger partial charge in [0.05, 0.1) is 24.1 Å². The summed E-state index contributed by atoms with van der Waals surface area (Å²) in [6.45, 7) is 0.407. The first-order chi connectivity index (χ1) is 10.7. The van der Waals surface area contributed by atoms with Crippen molar-refractivity contribution in [2.75, 3.05) is 39.2 Å². The van der Waals surface area contributed by atoms with Gasteiger partial charge in [-0.2, -0.15) is 18.3 Å². The van der Waals surface area contributed by atoms with Crippen LogP contribution in [0.2, 0.25) is 0 Å². The number of nitrogens with zero attached hydrogens (tertiary/aromatic N) is 3. The SMILES string of the molecule is COCCc1cc(NC(=O)[C@@H]2CN(C)C[C@H]2C(F)(F)F)n(C)n1. The Morgan fingerprint density at radius 2 is 2.13 bits per heavy atom. The maximum absolute atomic E-state index is 13.1. The summed E-state index contributed by atoms with van der Waals surface area (Å²) in [6.07, 6.45) is -3.82. The highest BCUT2D eigenvalue weighted by Gasteiger charge is 2.51. The fourth-order valence-electron chi connectivity index (χ4n) is 2.79. The first-order valence-corrected chi connectivity index (χ1v) is 7.30. The Morgan fingerprint density at radius 1 is 1.43 bits per heavy atom. The van der Waals surface area contributed by atoms with Gasteiger partial charge in [0.2, 0.25) is 5.91 Å². The largest absolute Gasteiger partial charge is 0.393 e. The number of halogens is 3. The maximum atomic E-state index is 13.1. The van der Waals surface area contributed by atoms with E-state index in [0.29, 0.717) is 24.5 Å². The molecule has 0 saturated carbocycles. The summed E-state index contributed by atoms with van der Waals surface area (Å²) in [4.78, 5) is 13.8. The van der Waals surface area contributed by atoms with Crippen molar-refractivity contribution in [3.8, 4) is 0 Å². The monoisotopic (exact) mass is 334 g/mol. The maximum Gasteiger partial charge on any atom is 0.393 e. The number of carbonyl (C=O) groups excluding carboxylic acids is 1. The van der Waals surface area contributed by atoms with Gasteiger partial charge in [0.1, 0.15) is 5.82 Å². The fraction of sp³-hybridized carbons (Fsp3) is 0.714. The third-order valence-electron chi connectivity index (χ3n) is 4.00. The van der Waals surface area contributed by atoms with Crippen LogP contribution in [0.4, 0.5) is 19.0 Å². The van der Waals surface area contributed by atoms with Crippen molar-refractivity contribution in [1.29, 1.82) is 0 Å². The Balaban J connectivity index is 2.07. The smallest absolute Gasteiger partial charge is 0.384 e. The Kier molecular flexibility index (Phi) is 5.30. The van der Waals surface area contributed by atoms with Gasteiger partial charge in [-0.05, 0) is 7.05 Å². The predicted octanol–water partition coefficient (Wildman–Crippen LogP) is 1.29. The molecule has 1 aromatic heterocycles. The van der Waals surface area contributed by atoms with E-state index in [1.807, 2.05) is 0 Å². The van der Waals surface area contributed by atoms with Gasteiger partial charge in [0.25, 0.3) is 0 Å². The molecule has 9 heteroatoms. The van der Waals surface area contributed by atoms with Gasteiger partial charge in [0.15, 0.2) is 0 Å². The van der Waals surface area contributed by atoms with E-state index in [1.165, 1.54) is 9.58 Å². The van der Waals surface area contributed by atoms with Gasteiger partial charge in [0, 0.05) is 39.7 Å². The summed E-state index contributed by atoms with van der Waals surface area (Å²) in [7, 11) is 4.78. The summed E-state index contributed by atoms with van der Waals surface area (Å²) in [5.74, 6) is -3.00. The fourth-order valence-corrected chi connectivity index (χ4v) is 2.79. The van der Waals surface area contributed by atoms with Crippen molar-refractivity contribution in [3.63, 3.8) is 0 Å². The molecule has 6 nitrogen and oxygen atoms in total. The van der Waals surface area contributed by atoms with Crippen LogP contribution in [0.15, 0.2) is 6.07 Å². The molecule has 0 aliphatic carbocycles. The van der Waals surface area contributed by atoms with Crippen LogP contribution in [-0.4, -0.2) is 60.6 Å². The normalized spacial score (nSPS) is 22.5. The van der Waals surface area contributed by atoms with Crippen LogP contribution >= 0.6 is 0 Å². The van der Waals surface area contributed by atoms with E-state index in [1.54, 1.807) is 27.3 Å². The summed E-state index contributed by atoms with van der Waals surface area (Å²) in [5.41, 5.74) is 0.709. The molecule has 1 aliphatic rings. The second-order valence-corrected chi connectivity index (χ2v) is 5.85. The average molecular weight is 334 g/mol. The van der Waals surface area contributed by atoms with Crippen molar-refractivity contribution in [1.82, 2.24) is 14.7 Å². The molecule has 1 saturated heterocycles. The Labute approximate surface area is 132 Å². The van der Waals surface area contributed by atoms with E-state index >= 15 is 0 Å². The lowest BCUT2D eigenvalue weighted by Gasteiger charge is -2.20. The van der Waals surface area contributed by atoms with Crippen LogP contribution in [-0.2, 0) is 23.0 Å². The standard InChI is InChI=1S/C14H21F3N4O2/c1-20-7-10(11(8-20)14(15,16)17)13(22)18-12-6-9(4-5-23-3)19-21(12)2/h6,10-11H,4-5,7-8H2,1-3H3,(H,18,22)/t10-,11-/m1/s1. The van der Waals surface area contributed by atoms with Gasteiger partial charge in [-0.15, -0.1) is 0 Å². The lowest BCUT2D eigenvalue weighted by Crippen LogP contribution is -2.37. The lowest BCUT2D eigenvalue weighted by atomic mass is 9.94. The van der Waals surface area contributed by atoms with E-state index in [2.05, 4.69) is 10.4 Å². The molecule has 2 rings (SSSR count). The summed E-state index contributed by atoms with van der Waals surface area (Å²) in [5, 5.41) is 6.77. The minimum Gasteiger partial charge on any atom is -0.384 e. The molecule has 1 amide bonds. The molecule has 0 unspecified atom stereocenters. The molecule has 2 heterocycles. The molecular formula is C14H21F3N4O2.